The van der Waals surface area contributed by atoms with Crippen molar-refractivity contribution < 1.29 is 4.92 Å². The highest BCUT2D eigenvalue weighted by Crippen LogP contribution is 2.36. The number of anilines is 1. The molecule has 1 unspecified atom stereocenters. The molecular weight excluding hydrogens is 375 g/mol. The van der Waals surface area contributed by atoms with Crippen LogP contribution in [0.1, 0.15) is 6.92 Å². The molecule has 0 aliphatic heterocycles. The van der Waals surface area contributed by atoms with Gasteiger partial charge in [0.25, 0.3) is 5.69 Å². The molecule has 1 atom stereocenters. The number of nitro groups is 1. The topological polar surface area (TPSA) is 71.3 Å². The number of fused-ring (bicyclic) bond motifs is 2. The quantitative estimate of drug-likeness (QED) is 0.390. The molecule has 1 heterocycles. The molecule has 3 rings (SSSR count). The number of para-hydroxylation sites is 1. The first-order valence-corrected chi connectivity index (χ1v) is 7.84. The fourth-order valence-corrected chi connectivity index (χ4v) is 3.07. The second-order valence-electron chi connectivity index (χ2n) is 6.24. The summed E-state index contributed by atoms with van der Waals surface area (Å²) in [5.41, 5.74) is 2.30. The number of rotatable bonds is 5. The molecule has 0 amide bonds. The van der Waals surface area contributed by atoms with Gasteiger partial charge < -0.3 is 10.2 Å². The van der Waals surface area contributed by atoms with E-state index in [-0.39, 0.29) is 41.5 Å². The summed E-state index contributed by atoms with van der Waals surface area (Å²) in [5.74, 6) is 0. The van der Waals surface area contributed by atoms with E-state index < -0.39 is 0 Å². The minimum Gasteiger partial charge on any atom is -0.380 e. The first kappa shape index (κ1) is 21.9. The molecule has 1 aromatic heterocycles. The first-order valence-electron chi connectivity index (χ1n) is 7.84. The van der Waals surface area contributed by atoms with Gasteiger partial charge in [-0.1, -0.05) is 24.3 Å². The molecule has 8 heteroatoms. The van der Waals surface area contributed by atoms with E-state index >= 15 is 0 Å². The fourth-order valence-electron chi connectivity index (χ4n) is 3.07. The number of nitrogens with one attached hydrogen (secondary N) is 1. The number of nitrogens with zero attached hydrogens (tertiary/aromatic N) is 3. The summed E-state index contributed by atoms with van der Waals surface area (Å²) < 4.78 is 0. The first-order chi connectivity index (χ1) is 11.5. The lowest BCUT2D eigenvalue weighted by Crippen LogP contribution is -2.29. The van der Waals surface area contributed by atoms with Crippen LogP contribution < -0.4 is 5.32 Å². The summed E-state index contributed by atoms with van der Waals surface area (Å²) >= 11 is 0. The summed E-state index contributed by atoms with van der Waals surface area (Å²) in [5, 5.41) is 16.4. The van der Waals surface area contributed by atoms with Crippen LogP contribution in [0.2, 0.25) is 0 Å². The molecular formula is C18H22Cl2N4O2. The smallest absolute Gasteiger partial charge is 0.280 e. The largest absolute Gasteiger partial charge is 0.380 e. The maximum Gasteiger partial charge on any atom is 0.280 e. The molecule has 6 nitrogen and oxygen atoms in total. The van der Waals surface area contributed by atoms with Crippen molar-refractivity contribution in [1.29, 1.82) is 0 Å². The third-order valence-electron chi connectivity index (χ3n) is 3.91. The lowest BCUT2D eigenvalue weighted by atomic mass is 10.1. The average molecular weight is 397 g/mol. The van der Waals surface area contributed by atoms with Gasteiger partial charge in [0.1, 0.15) is 5.39 Å². The molecule has 0 aliphatic rings. The second-order valence-corrected chi connectivity index (χ2v) is 6.24. The average Bonchev–Trinajstić information content (AvgIpc) is 2.53. The Balaban J connectivity index is 0.00000169. The van der Waals surface area contributed by atoms with Gasteiger partial charge in [0.15, 0.2) is 0 Å². The van der Waals surface area contributed by atoms with E-state index in [1.807, 2.05) is 44.4 Å². The summed E-state index contributed by atoms with van der Waals surface area (Å²) in [6, 6.07) is 12.9. The number of hydrogen-bond acceptors (Lipinski definition) is 5. The van der Waals surface area contributed by atoms with Crippen molar-refractivity contribution in [1.82, 2.24) is 9.88 Å². The second kappa shape index (κ2) is 8.98. The summed E-state index contributed by atoms with van der Waals surface area (Å²) in [4.78, 5) is 17.8. The van der Waals surface area contributed by atoms with E-state index in [1.54, 1.807) is 6.07 Å². The van der Waals surface area contributed by atoms with Crippen LogP contribution in [0.15, 0.2) is 42.5 Å². The zero-order valence-corrected chi connectivity index (χ0v) is 16.4. The highest BCUT2D eigenvalue weighted by molar-refractivity contribution is 6.11. The van der Waals surface area contributed by atoms with Crippen molar-refractivity contribution in [3.8, 4) is 0 Å². The van der Waals surface area contributed by atoms with Crippen molar-refractivity contribution in [2.75, 3.05) is 26.0 Å². The lowest BCUT2D eigenvalue weighted by Gasteiger charge is -2.21. The highest BCUT2D eigenvalue weighted by Gasteiger charge is 2.20. The predicted molar refractivity (Wildman–Crippen MR) is 112 cm³/mol. The number of halogens is 2. The summed E-state index contributed by atoms with van der Waals surface area (Å²) in [6.45, 7) is 2.88. The van der Waals surface area contributed by atoms with Gasteiger partial charge in [-0.15, -0.1) is 24.8 Å². The molecule has 1 N–H and O–H groups in total. The summed E-state index contributed by atoms with van der Waals surface area (Å²) in [6.07, 6.45) is 0. The third-order valence-corrected chi connectivity index (χ3v) is 3.91. The van der Waals surface area contributed by atoms with E-state index in [1.165, 1.54) is 6.07 Å². The fraction of sp³-hybridized carbons (Fsp3) is 0.278. The van der Waals surface area contributed by atoms with Crippen LogP contribution in [0.5, 0.6) is 0 Å². The maximum atomic E-state index is 11.5. The van der Waals surface area contributed by atoms with Gasteiger partial charge >= 0.3 is 0 Å². The number of likely N-dealkylation sites (N-methyl/N-ethyl adjacent to an activating group) is 1. The van der Waals surface area contributed by atoms with Crippen molar-refractivity contribution in [3.05, 3.63) is 52.6 Å². The van der Waals surface area contributed by atoms with Gasteiger partial charge in [0, 0.05) is 24.0 Å². The number of benzene rings is 2. The van der Waals surface area contributed by atoms with E-state index in [0.29, 0.717) is 10.9 Å². The van der Waals surface area contributed by atoms with Gasteiger partial charge in [-0.05, 0) is 33.2 Å². The Labute approximate surface area is 164 Å². The molecule has 0 radical (unpaired) electrons. The van der Waals surface area contributed by atoms with Crippen LogP contribution in [0.4, 0.5) is 11.4 Å². The maximum absolute atomic E-state index is 11.5. The Morgan fingerprint density at radius 1 is 1.12 bits per heavy atom. The minimum absolute atomic E-state index is 0. The molecule has 0 aliphatic carbocycles. The molecule has 0 fully saturated rings. The van der Waals surface area contributed by atoms with Crippen molar-refractivity contribution in [2.24, 2.45) is 0 Å². The monoisotopic (exact) mass is 396 g/mol. The number of aromatic nitrogens is 1. The zero-order chi connectivity index (χ0) is 17.3. The van der Waals surface area contributed by atoms with Crippen LogP contribution in [-0.2, 0) is 0 Å². The van der Waals surface area contributed by atoms with Crippen LogP contribution in [0, 0.1) is 10.1 Å². The number of pyridine rings is 1. The van der Waals surface area contributed by atoms with E-state index in [9.17, 15) is 10.1 Å². The van der Waals surface area contributed by atoms with Crippen LogP contribution >= 0.6 is 24.8 Å². The normalized spacial score (nSPS) is 11.7. The van der Waals surface area contributed by atoms with Crippen molar-refractivity contribution in [2.45, 2.75) is 13.0 Å². The third kappa shape index (κ3) is 4.33. The molecule has 26 heavy (non-hydrogen) atoms. The van der Waals surface area contributed by atoms with E-state index in [2.05, 4.69) is 22.1 Å². The highest BCUT2D eigenvalue weighted by atomic mass is 35.5. The van der Waals surface area contributed by atoms with Crippen molar-refractivity contribution >= 4 is 58.0 Å². The summed E-state index contributed by atoms with van der Waals surface area (Å²) in [7, 11) is 4.01. The van der Waals surface area contributed by atoms with E-state index in [4.69, 9.17) is 0 Å². The van der Waals surface area contributed by atoms with Crippen LogP contribution in [0.25, 0.3) is 21.8 Å². The van der Waals surface area contributed by atoms with Gasteiger partial charge in [0.2, 0.25) is 0 Å². The van der Waals surface area contributed by atoms with Gasteiger partial charge in [-0.3, -0.25) is 10.1 Å². The van der Waals surface area contributed by atoms with E-state index in [0.717, 1.165) is 23.1 Å². The van der Waals surface area contributed by atoms with Gasteiger partial charge in [-0.2, -0.15) is 0 Å². The zero-order valence-electron chi connectivity index (χ0n) is 14.8. The Morgan fingerprint density at radius 2 is 1.77 bits per heavy atom. The lowest BCUT2D eigenvalue weighted by molar-refractivity contribution is -0.383. The molecule has 0 spiro atoms. The number of nitro benzene ring substituents is 1. The van der Waals surface area contributed by atoms with Crippen LogP contribution in [-0.4, -0.2) is 41.5 Å². The van der Waals surface area contributed by atoms with Crippen molar-refractivity contribution in [3.63, 3.8) is 0 Å². The Hall–Kier alpha value is -2.15. The van der Waals surface area contributed by atoms with Gasteiger partial charge in [0.05, 0.1) is 21.6 Å². The van der Waals surface area contributed by atoms with Crippen LogP contribution in [0.3, 0.4) is 0 Å². The molecule has 3 aromatic rings. The Kier molecular flexibility index (Phi) is 7.56. The Morgan fingerprint density at radius 3 is 2.42 bits per heavy atom. The number of hydrogen-bond donors (Lipinski definition) is 1. The molecule has 2 aromatic carbocycles. The molecule has 0 bridgehead atoms. The number of non-ortho nitro benzene ring substituents is 1. The minimum atomic E-state index is -0.347. The molecule has 0 saturated heterocycles. The molecule has 0 saturated carbocycles. The molecule has 140 valence electrons. The SMILES string of the molecule is CC(CN(C)C)Nc1c2ccccc2nc2cccc([N+](=O)[O-])c12.Cl.Cl. The predicted octanol–water partition coefficient (Wildman–Crippen LogP) is 4.50. The van der Waals surface area contributed by atoms with Gasteiger partial charge in [-0.25, -0.2) is 4.98 Å². The Bertz CT molecular complexity index is 918. The standard InChI is InChI=1S/C18H20N4O2.2ClH/c1-12(11-21(2)3)19-18-13-7-4-5-8-14(13)20-15-9-6-10-16(17(15)18)22(23)24;;/h4-10,12H,11H2,1-3H3,(H,19,20);2*1H.